The van der Waals surface area contributed by atoms with Crippen LogP contribution in [0.15, 0.2) is 30.5 Å². The minimum atomic E-state index is -0.580. The van der Waals surface area contributed by atoms with Crippen LogP contribution in [0.3, 0.4) is 0 Å². The van der Waals surface area contributed by atoms with E-state index in [9.17, 15) is 14.0 Å². The Hall–Kier alpha value is -3.53. The first-order valence-corrected chi connectivity index (χ1v) is 11.8. The number of likely N-dealkylation sites (N-methyl/N-ethyl adjacent to an activating group) is 1. The van der Waals surface area contributed by atoms with Crippen molar-refractivity contribution in [1.82, 2.24) is 29.7 Å². The van der Waals surface area contributed by atoms with Crippen molar-refractivity contribution < 1.29 is 14.0 Å². The van der Waals surface area contributed by atoms with E-state index < -0.39 is 5.82 Å². The molecule has 186 valence electrons. The Morgan fingerprint density at radius 2 is 1.89 bits per heavy atom. The first kappa shape index (κ1) is 24.6. The Balaban J connectivity index is 1.59. The Morgan fingerprint density at radius 3 is 2.54 bits per heavy atom. The van der Waals surface area contributed by atoms with Gasteiger partial charge in [-0.3, -0.25) is 9.59 Å². The number of rotatable bonds is 8. The molecule has 35 heavy (non-hydrogen) atoms. The summed E-state index contributed by atoms with van der Waals surface area (Å²) in [6, 6.07) is 6.27. The SMILES string of the molecule is CN(C)CCNC(=O)c1ccc(Nc2ncc3cc(C(=O)N(C)C)n(C4CCCC4)c3n2)c(F)c1. The molecule has 0 atom stereocenters. The van der Waals surface area contributed by atoms with Crippen molar-refractivity contribution in [2.45, 2.75) is 31.7 Å². The van der Waals surface area contributed by atoms with Crippen LogP contribution in [0, 0.1) is 5.82 Å². The molecule has 4 rings (SSSR count). The molecule has 0 saturated heterocycles. The molecular weight excluding hydrogens is 449 g/mol. The molecule has 0 radical (unpaired) electrons. The maximum Gasteiger partial charge on any atom is 0.270 e. The van der Waals surface area contributed by atoms with Crippen LogP contribution in [0.4, 0.5) is 16.0 Å². The molecular formula is C25H32FN7O2. The summed E-state index contributed by atoms with van der Waals surface area (Å²) < 4.78 is 16.8. The van der Waals surface area contributed by atoms with Gasteiger partial charge in [-0.25, -0.2) is 9.37 Å². The Morgan fingerprint density at radius 1 is 1.14 bits per heavy atom. The predicted molar refractivity (Wildman–Crippen MR) is 134 cm³/mol. The molecule has 2 amide bonds. The van der Waals surface area contributed by atoms with Gasteiger partial charge in [-0.2, -0.15) is 4.98 Å². The van der Waals surface area contributed by atoms with E-state index in [-0.39, 0.29) is 35.1 Å². The number of aromatic nitrogens is 3. The lowest BCUT2D eigenvalue weighted by molar-refractivity contribution is 0.0815. The Labute approximate surface area is 204 Å². The smallest absolute Gasteiger partial charge is 0.270 e. The number of halogens is 1. The van der Waals surface area contributed by atoms with Crippen LogP contribution in [-0.4, -0.2) is 77.4 Å². The van der Waals surface area contributed by atoms with Crippen molar-refractivity contribution in [1.29, 1.82) is 0 Å². The number of hydrogen-bond donors (Lipinski definition) is 2. The summed E-state index contributed by atoms with van der Waals surface area (Å²) in [5.41, 5.74) is 1.64. The van der Waals surface area contributed by atoms with Gasteiger partial charge in [0.05, 0.1) is 5.69 Å². The van der Waals surface area contributed by atoms with E-state index in [1.165, 1.54) is 12.1 Å². The van der Waals surface area contributed by atoms with Crippen molar-refractivity contribution in [3.8, 4) is 0 Å². The number of nitrogens with one attached hydrogen (secondary N) is 2. The van der Waals surface area contributed by atoms with Crippen LogP contribution in [0.25, 0.3) is 11.0 Å². The van der Waals surface area contributed by atoms with E-state index in [1.807, 2.05) is 29.6 Å². The molecule has 1 aliphatic rings. The first-order chi connectivity index (χ1) is 16.7. The highest BCUT2D eigenvalue weighted by Crippen LogP contribution is 2.35. The van der Waals surface area contributed by atoms with E-state index in [2.05, 4.69) is 20.6 Å². The van der Waals surface area contributed by atoms with Crippen LogP contribution in [0.5, 0.6) is 0 Å². The summed E-state index contributed by atoms with van der Waals surface area (Å²) in [7, 11) is 7.29. The standard InChI is InChI=1S/C25H32FN7O2/c1-31(2)12-11-27-23(34)16-9-10-20(19(26)13-16)29-25-28-15-17-14-21(24(35)32(3)4)33(22(17)30-25)18-7-5-6-8-18/h9-10,13-15,18H,5-8,11-12H2,1-4H3,(H,27,34)(H,28,29,30). The number of fused-ring (bicyclic) bond motifs is 1. The molecule has 1 fully saturated rings. The van der Waals surface area contributed by atoms with Crippen molar-refractivity contribution in [2.75, 3.05) is 46.6 Å². The number of anilines is 2. The predicted octanol–water partition coefficient (Wildman–Crippen LogP) is 3.42. The number of nitrogens with zero attached hydrogens (tertiary/aromatic N) is 5. The van der Waals surface area contributed by atoms with E-state index in [4.69, 9.17) is 0 Å². The summed E-state index contributed by atoms with van der Waals surface area (Å²) in [5.74, 6) is -0.776. The van der Waals surface area contributed by atoms with E-state index in [0.717, 1.165) is 31.1 Å². The van der Waals surface area contributed by atoms with Crippen molar-refractivity contribution in [3.63, 3.8) is 0 Å². The van der Waals surface area contributed by atoms with E-state index in [1.54, 1.807) is 31.3 Å². The summed E-state index contributed by atoms with van der Waals surface area (Å²) in [6.45, 7) is 1.17. The second-order valence-electron chi connectivity index (χ2n) is 9.39. The van der Waals surface area contributed by atoms with Gasteiger partial charge in [0.15, 0.2) is 0 Å². The molecule has 10 heteroatoms. The van der Waals surface area contributed by atoms with Gasteiger partial charge in [-0.1, -0.05) is 12.8 Å². The van der Waals surface area contributed by atoms with E-state index in [0.29, 0.717) is 24.4 Å². The molecule has 9 nitrogen and oxygen atoms in total. The monoisotopic (exact) mass is 481 g/mol. The topological polar surface area (TPSA) is 95.4 Å². The fourth-order valence-electron chi connectivity index (χ4n) is 4.37. The van der Waals surface area contributed by atoms with Gasteiger partial charge in [0.1, 0.15) is 17.2 Å². The molecule has 2 heterocycles. The minimum absolute atomic E-state index is 0.0881. The van der Waals surface area contributed by atoms with Crippen LogP contribution in [0.1, 0.15) is 52.6 Å². The van der Waals surface area contributed by atoms with Gasteiger partial charge in [0.2, 0.25) is 5.95 Å². The molecule has 3 aromatic rings. The third kappa shape index (κ3) is 5.43. The second kappa shape index (κ2) is 10.4. The lowest BCUT2D eigenvalue weighted by Gasteiger charge is -2.19. The van der Waals surface area contributed by atoms with Gasteiger partial charge >= 0.3 is 0 Å². The average Bonchev–Trinajstić information content (AvgIpc) is 3.46. The number of amides is 2. The van der Waals surface area contributed by atoms with Crippen molar-refractivity contribution in [2.24, 2.45) is 0 Å². The number of carbonyl (C=O) groups is 2. The van der Waals surface area contributed by atoms with Crippen molar-refractivity contribution >= 4 is 34.5 Å². The molecule has 1 aliphatic carbocycles. The van der Waals surface area contributed by atoms with E-state index >= 15 is 0 Å². The summed E-state index contributed by atoms with van der Waals surface area (Å²) >= 11 is 0. The van der Waals surface area contributed by atoms with Crippen LogP contribution in [0.2, 0.25) is 0 Å². The van der Waals surface area contributed by atoms with Gasteiger partial charge in [-0.05, 0) is 51.2 Å². The first-order valence-electron chi connectivity index (χ1n) is 11.8. The quantitative estimate of drug-likeness (QED) is 0.512. The second-order valence-corrected chi connectivity index (χ2v) is 9.39. The fourth-order valence-corrected chi connectivity index (χ4v) is 4.37. The molecule has 2 N–H and O–H groups in total. The number of carbonyl (C=O) groups excluding carboxylic acids is 2. The normalized spacial score (nSPS) is 14.0. The zero-order chi connectivity index (χ0) is 25.1. The van der Waals surface area contributed by atoms with Crippen LogP contribution < -0.4 is 10.6 Å². The molecule has 0 spiro atoms. The highest BCUT2D eigenvalue weighted by Gasteiger charge is 2.26. The fraction of sp³-hybridized carbons (Fsp3) is 0.440. The third-order valence-corrected chi connectivity index (χ3v) is 6.21. The maximum absolute atomic E-state index is 14.8. The Bertz CT molecular complexity index is 1230. The number of hydrogen-bond acceptors (Lipinski definition) is 6. The summed E-state index contributed by atoms with van der Waals surface area (Å²) in [5, 5.41) is 6.46. The lowest BCUT2D eigenvalue weighted by atomic mass is 10.2. The number of benzene rings is 1. The largest absolute Gasteiger partial charge is 0.351 e. The molecule has 0 aliphatic heterocycles. The summed E-state index contributed by atoms with van der Waals surface area (Å²) in [6.07, 6.45) is 5.83. The van der Waals surface area contributed by atoms with Gasteiger partial charge in [-0.15, -0.1) is 0 Å². The average molecular weight is 482 g/mol. The van der Waals surface area contributed by atoms with Crippen molar-refractivity contribution in [3.05, 3.63) is 47.5 Å². The summed E-state index contributed by atoms with van der Waals surface area (Å²) in [4.78, 5) is 37.6. The highest BCUT2D eigenvalue weighted by atomic mass is 19.1. The van der Waals surface area contributed by atoms with Crippen LogP contribution >= 0.6 is 0 Å². The highest BCUT2D eigenvalue weighted by molar-refractivity contribution is 5.98. The Kier molecular flexibility index (Phi) is 7.30. The van der Waals surface area contributed by atoms with Gasteiger partial charge < -0.3 is 25.0 Å². The van der Waals surface area contributed by atoms with Gasteiger partial charge in [0, 0.05) is 50.4 Å². The molecule has 0 bridgehead atoms. The minimum Gasteiger partial charge on any atom is -0.351 e. The molecule has 0 unspecified atom stereocenters. The van der Waals surface area contributed by atoms with Gasteiger partial charge in [0.25, 0.3) is 11.8 Å². The zero-order valence-electron chi connectivity index (χ0n) is 20.6. The molecule has 1 aromatic carbocycles. The molecule has 2 aromatic heterocycles. The maximum atomic E-state index is 14.8. The zero-order valence-corrected chi connectivity index (χ0v) is 20.6. The third-order valence-electron chi connectivity index (χ3n) is 6.21. The molecule has 1 saturated carbocycles. The van der Waals surface area contributed by atoms with Crippen LogP contribution in [-0.2, 0) is 0 Å². The lowest BCUT2D eigenvalue weighted by Crippen LogP contribution is -2.31.